The van der Waals surface area contributed by atoms with E-state index >= 15 is 0 Å². The lowest BCUT2D eigenvalue weighted by Gasteiger charge is -2.20. The highest BCUT2D eigenvalue weighted by Crippen LogP contribution is 2.18. The molecule has 0 radical (unpaired) electrons. The summed E-state index contributed by atoms with van der Waals surface area (Å²) in [7, 11) is 0. The number of aromatic nitrogens is 4. The lowest BCUT2D eigenvalue weighted by molar-refractivity contribution is -0.142. The zero-order valence-electron chi connectivity index (χ0n) is 14.2. The van der Waals surface area contributed by atoms with Crippen LogP contribution in [-0.4, -0.2) is 43.2 Å². The molecule has 0 saturated carbocycles. The zero-order chi connectivity index (χ0) is 18.6. The number of amides is 1. The van der Waals surface area contributed by atoms with Crippen LogP contribution >= 0.6 is 11.6 Å². The molecular weight excluding hydrogens is 346 g/mol. The Morgan fingerprint density at radius 2 is 1.92 bits per heavy atom. The van der Waals surface area contributed by atoms with Gasteiger partial charge in [-0.25, -0.2) is 0 Å². The number of carboxylic acids is 1. The standard InChI is InChI=1S/C16H20ClN5O3/c1-4-13(15(23)18-10(3)9(2)16(24)25)22-20-14(19-21-22)11-5-7-12(17)8-6-11/h5-10,13H,4H2,1-3H3,(H,18,23)(H,24,25). The van der Waals surface area contributed by atoms with Crippen molar-refractivity contribution in [2.75, 3.05) is 0 Å². The molecule has 2 N–H and O–H groups in total. The van der Waals surface area contributed by atoms with Crippen LogP contribution in [0, 0.1) is 5.92 Å². The van der Waals surface area contributed by atoms with Gasteiger partial charge in [0.2, 0.25) is 11.7 Å². The van der Waals surface area contributed by atoms with Crippen LogP contribution in [0.5, 0.6) is 0 Å². The van der Waals surface area contributed by atoms with Gasteiger partial charge < -0.3 is 10.4 Å². The molecule has 2 aromatic rings. The van der Waals surface area contributed by atoms with Crippen LogP contribution in [0.4, 0.5) is 0 Å². The van der Waals surface area contributed by atoms with Crippen LogP contribution in [-0.2, 0) is 9.59 Å². The summed E-state index contributed by atoms with van der Waals surface area (Å²) in [5, 5.41) is 24.5. The number of hydrogen-bond acceptors (Lipinski definition) is 5. The summed E-state index contributed by atoms with van der Waals surface area (Å²) in [4.78, 5) is 24.7. The molecule has 0 saturated heterocycles. The number of nitrogens with zero attached hydrogens (tertiary/aromatic N) is 4. The van der Waals surface area contributed by atoms with E-state index in [0.29, 0.717) is 17.3 Å². The van der Waals surface area contributed by atoms with Crippen LogP contribution in [0.2, 0.25) is 5.02 Å². The molecule has 0 fully saturated rings. The molecule has 9 heteroatoms. The quantitative estimate of drug-likeness (QED) is 0.778. The van der Waals surface area contributed by atoms with Gasteiger partial charge in [-0.2, -0.15) is 4.80 Å². The summed E-state index contributed by atoms with van der Waals surface area (Å²) < 4.78 is 0. The Hall–Kier alpha value is -2.48. The van der Waals surface area contributed by atoms with E-state index in [0.717, 1.165) is 5.56 Å². The van der Waals surface area contributed by atoms with Crippen molar-refractivity contribution in [1.82, 2.24) is 25.5 Å². The fourth-order valence-electron chi connectivity index (χ4n) is 2.18. The van der Waals surface area contributed by atoms with Crippen LogP contribution in [0.25, 0.3) is 11.4 Å². The van der Waals surface area contributed by atoms with E-state index < -0.39 is 24.0 Å². The van der Waals surface area contributed by atoms with Crippen molar-refractivity contribution in [3.8, 4) is 11.4 Å². The molecule has 1 aromatic carbocycles. The van der Waals surface area contributed by atoms with Crippen molar-refractivity contribution in [3.63, 3.8) is 0 Å². The van der Waals surface area contributed by atoms with Crippen molar-refractivity contribution in [1.29, 1.82) is 0 Å². The Morgan fingerprint density at radius 1 is 1.28 bits per heavy atom. The molecule has 0 aliphatic heterocycles. The first-order valence-electron chi connectivity index (χ1n) is 7.92. The van der Waals surface area contributed by atoms with Gasteiger partial charge in [-0.3, -0.25) is 9.59 Å². The average Bonchev–Trinajstić information content (AvgIpc) is 3.04. The van der Waals surface area contributed by atoms with Gasteiger partial charge in [0, 0.05) is 16.6 Å². The largest absolute Gasteiger partial charge is 0.481 e. The summed E-state index contributed by atoms with van der Waals surface area (Å²) in [6.07, 6.45) is 0.441. The lowest BCUT2D eigenvalue weighted by atomic mass is 10.0. The van der Waals surface area contributed by atoms with Crippen LogP contribution in [0.1, 0.15) is 33.2 Å². The average molecular weight is 366 g/mol. The van der Waals surface area contributed by atoms with Crippen LogP contribution in [0.3, 0.4) is 0 Å². The third kappa shape index (κ3) is 4.54. The Morgan fingerprint density at radius 3 is 2.48 bits per heavy atom. The lowest BCUT2D eigenvalue weighted by Crippen LogP contribution is -2.43. The first kappa shape index (κ1) is 18.9. The highest BCUT2D eigenvalue weighted by molar-refractivity contribution is 6.30. The third-order valence-electron chi connectivity index (χ3n) is 4.01. The van der Waals surface area contributed by atoms with E-state index in [-0.39, 0.29) is 5.91 Å². The second-order valence-electron chi connectivity index (χ2n) is 5.79. The maximum Gasteiger partial charge on any atom is 0.308 e. The highest BCUT2D eigenvalue weighted by atomic mass is 35.5. The van der Waals surface area contributed by atoms with Crippen molar-refractivity contribution in [2.45, 2.75) is 39.3 Å². The predicted octanol–water partition coefficient (Wildman–Crippen LogP) is 2.17. The molecule has 1 heterocycles. The molecule has 25 heavy (non-hydrogen) atoms. The number of benzene rings is 1. The fourth-order valence-corrected chi connectivity index (χ4v) is 2.31. The Kier molecular flexibility index (Phi) is 6.08. The van der Waals surface area contributed by atoms with E-state index in [4.69, 9.17) is 16.7 Å². The molecule has 3 atom stereocenters. The smallest absolute Gasteiger partial charge is 0.308 e. The number of carbonyl (C=O) groups is 2. The maximum absolute atomic E-state index is 12.5. The molecule has 0 bridgehead atoms. The molecule has 0 spiro atoms. The topological polar surface area (TPSA) is 110 Å². The van der Waals surface area contributed by atoms with Crippen molar-refractivity contribution < 1.29 is 14.7 Å². The number of hydrogen-bond donors (Lipinski definition) is 2. The van der Waals surface area contributed by atoms with E-state index in [1.807, 2.05) is 6.92 Å². The van der Waals surface area contributed by atoms with Crippen molar-refractivity contribution >= 4 is 23.5 Å². The van der Waals surface area contributed by atoms with Gasteiger partial charge in [-0.15, -0.1) is 10.2 Å². The molecule has 134 valence electrons. The number of halogens is 1. The summed E-state index contributed by atoms with van der Waals surface area (Å²) in [6.45, 7) is 5.01. The Labute approximate surface area is 150 Å². The number of tetrazole rings is 1. The Bertz CT molecular complexity index is 746. The van der Waals surface area contributed by atoms with E-state index in [1.54, 1.807) is 38.1 Å². The van der Waals surface area contributed by atoms with Crippen LogP contribution < -0.4 is 5.32 Å². The summed E-state index contributed by atoms with van der Waals surface area (Å²) in [5.41, 5.74) is 0.735. The van der Waals surface area contributed by atoms with Crippen molar-refractivity contribution in [2.24, 2.45) is 5.92 Å². The number of carboxylic acid groups (broad SMARTS) is 1. The molecule has 3 unspecified atom stereocenters. The number of aliphatic carboxylic acids is 1. The van der Waals surface area contributed by atoms with Crippen molar-refractivity contribution in [3.05, 3.63) is 29.3 Å². The van der Waals surface area contributed by atoms with Gasteiger partial charge in [-0.05, 0) is 49.7 Å². The van der Waals surface area contributed by atoms with Gasteiger partial charge in [-0.1, -0.05) is 18.5 Å². The number of nitrogens with one attached hydrogen (secondary N) is 1. The minimum atomic E-state index is -0.968. The normalized spacial score (nSPS) is 14.6. The second-order valence-corrected chi connectivity index (χ2v) is 6.22. The molecule has 0 aliphatic rings. The van der Waals surface area contributed by atoms with E-state index in [1.165, 1.54) is 4.80 Å². The minimum Gasteiger partial charge on any atom is -0.481 e. The molecule has 1 aromatic heterocycles. The van der Waals surface area contributed by atoms with E-state index in [9.17, 15) is 9.59 Å². The SMILES string of the molecule is CCC(C(=O)NC(C)C(C)C(=O)O)n1nnc(-c2ccc(Cl)cc2)n1. The molecule has 8 nitrogen and oxygen atoms in total. The third-order valence-corrected chi connectivity index (χ3v) is 4.26. The zero-order valence-corrected chi connectivity index (χ0v) is 14.9. The number of carbonyl (C=O) groups excluding carboxylic acids is 1. The van der Waals surface area contributed by atoms with E-state index in [2.05, 4.69) is 20.7 Å². The summed E-state index contributed by atoms with van der Waals surface area (Å²) >= 11 is 5.86. The Balaban J connectivity index is 2.14. The summed E-state index contributed by atoms with van der Waals surface area (Å²) in [5.74, 6) is -1.63. The van der Waals surface area contributed by atoms with Gasteiger partial charge >= 0.3 is 5.97 Å². The minimum absolute atomic E-state index is 0.344. The second kappa shape index (κ2) is 8.06. The van der Waals surface area contributed by atoms with Gasteiger partial charge in [0.25, 0.3) is 0 Å². The molecule has 2 rings (SSSR count). The fraction of sp³-hybridized carbons (Fsp3) is 0.438. The number of rotatable bonds is 7. The molecular formula is C16H20ClN5O3. The van der Waals surface area contributed by atoms with Gasteiger partial charge in [0.05, 0.1) is 5.92 Å². The van der Waals surface area contributed by atoms with Gasteiger partial charge in [0.15, 0.2) is 6.04 Å². The maximum atomic E-state index is 12.5. The van der Waals surface area contributed by atoms with Gasteiger partial charge in [0.1, 0.15) is 0 Å². The van der Waals surface area contributed by atoms with Crippen LogP contribution in [0.15, 0.2) is 24.3 Å². The summed E-state index contributed by atoms with van der Waals surface area (Å²) in [6, 6.07) is 5.78. The molecule has 1 amide bonds. The first-order valence-corrected chi connectivity index (χ1v) is 8.29. The monoisotopic (exact) mass is 365 g/mol. The molecule has 0 aliphatic carbocycles. The highest BCUT2D eigenvalue weighted by Gasteiger charge is 2.27. The first-order chi connectivity index (χ1) is 11.8. The predicted molar refractivity (Wildman–Crippen MR) is 92.0 cm³/mol.